The number of anilines is 1. The lowest BCUT2D eigenvalue weighted by Crippen LogP contribution is -2.25. The molecule has 0 fully saturated rings. The van der Waals surface area contributed by atoms with E-state index in [0.717, 1.165) is 0 Å². The van der Waals surface area contributed by atoms with Gasteiger partial charge in [0.2, 0.25) is 10.0 Å². The lowest BCUT2D eigenvalue weighted by atomic mass is 10.00. The normalized spacial score (nSPS) is 12.5. The summed E-state index contributed by atoms with van der Waals surface area (Å²) in [5.74, 6) is -3.65. The Morgan fingerprint density at radius 1 is 1.33 bits per heavy atom. The van der Waals surface area contributed by atoms with Crippen molar-refractivity contribution in [2.75, 3.05) is 17.1 Å². The van der Waals surface area contributed by atoms with Gasteiger partial charge in [-0.3, -0.25) is 14.3 Å². The summed E-state index contributed by atoms with van der Waals surface area (Å²) in [6.45, 7) is 3.10. The predicted molar refractivity (Wildman–Crippen MR) is 76.5 cm³/mol. The maximum Gasteiger partial charge on any atom is 0.323 e. The first-order valence-corrected chi connectivity index (χ1v) is 7.90. The van der Waals surface area contributed by atoms with E-state index >= 15 is 0 Å². The van der Waals surface area contributed by atoms with Crippen LogP contribution in [0.3, 0.4) is 0 Å². The third-order valence-corrected chi connectivity index (χ3v) is 3.82. The number of nitrogens with one attached hydrogen (secondary N) is 1. The highest BCUT2D eigenvalue weighted by molar-refractivity contribution is 7.93. The van der Waals surface area contributed by atoms with Crippen LogP contribution in [0, 0.1) is 0 Å². The highest BCUT2D eigenvalue weighted by Crippen LogP contribution is 2.25. The van der Waals surface area contributed by atoms with Gasteiger partial charge in [0.05, 0.1) is 18.2 Å². The van der Waals surface area contributed by atoms with Gasteiger partial charge in [-0.1, -0.05) is 18.2 Å². The van der Waals surface area contributed by atoms with E-state index < -0.39 is 33.6 Å². The molecule has 1 unspecified atom stereocenters. The average molecular weight is 315 g/mol. The number of rotatable bonds is 7. The Bertz CT molecular complexity index is 625. The zero-order valence-corrected chi connectivity index (χ0v) is 12.5. The molecule has 0 saturated heterocycles. The monoisotopic (exact) mass is 315 g/mol. The van der Waals surface area contributed by atoms with E-state index in [0.29, 0.717) is 5.56 Å². The number of benzene rings is 1. The molecule has 0 aliphatic carbocycles. The zero-order valence-electron chi connectivity index (χ0n) is 11.7. The molecule has 21 heavy (non-hydrogen) atoms. The van der Waals surface area contributed by atoms with E-state index in [1.54, 1.807) is 19.1 Å². The summed E-state index contributed by atoms with van der Waals surface area (Å²) in [6.07, 6.45) is 0. The van der Waals surface area contributed by atoms with Crippen molar-refractivity contribution in [1.82, 2.24) is 0 Å². The molecular weight excluding hydrogens is 298 g/mol. The molecule has 8 heteroatoms. The molecule has 0 amide bonds. The van der Waals surface area contributed by atoms with Crippen molar-refractivity contribution in [2.45, 2.75) is 19.8 Å². The van der Waals surface area contributed by atoms with Crippen molar-refractivity contribution in [3.05, 3.63) is 29.8 Å². The number of carboxylic acids is 1. The summed E-state index contributed by atoms with van der Waals surface area (Å²) in [7, 11) is -3.96. The minimum Gasteiger partial charge on any atom is -0.481 e. The first-order chi connectivity index (χ1) is 9.76. The first kappa shape index (κ1) is 17.0. The van der Waals surface area contributed by atoms with Crippen LogP contribution < -0.4 is 4.72 Å². The van der Waals surface area contributed by atoms with Crippen molar-refractivity contribution in [2.24, 2.45) is 0 Å². The van der Waals surface area contributed by atoms with Gasteiger partial charge in [-0.2, -0.15) is 0 Å². The van der Waals surface area contributed by atoms with Crippen LogP contribution in [0.1, 0.15) is 25.3 Å². The summed E-state index contributed by atoms with van der Waals surface area (Å²) in [5.41, 5.74) is 0.453. The van der Waals surface area contributed by atoms with Gasteiger partial charge < -0.3 is 9.84 Å². The highest BCUT2D eigenvalue weighted by Gasteiger charge is 2.22. The number of sulfonamides is 1. The van der Waals surface area contributed by atoms with Gasteiger partial charge >= 0.3 is 11.9 Å². The van der Waals surface area contributed by atoms with E-state index in [4.69, 9.17) is 5.11 Å². The largest absolute Gasteiger partial charge is 0.481 e. The molecular formula is C13H17NO6S. The maximum atomic E-state index is 11.9. The second-order valence-electron chi connectivity index (χ2n) is 4.31. The molecule has 0 aliphatic heterocycles. The van der Waals surface area contributed by atoms with Crippen LogP contribution in [-0.2, 0) is 24.3 Å². The number of aliphatic carboxylic acids is 1. The molecule has 0 aliphatic rings. The molecule has 0 heterocycles. The van der Waals surface area contributed by atoms with Crippen molar-refractivity contribution < 1.29 is 27.9 Å². The van der Waals surface area contributed by atoms with Crippen molar-refractivity contribution in [1.29, 1.82) is 0 Å². The Labute approximate surface area is 123 Å². The summed E-state index contributed by atoms with van der Waals surface area (Å²) < 4.78 is 30.5. The van der Waals surface area contributed by atoms with Crippen LogP contribution in [0.5, 0.6) is 0 Å². The van der Waals surface area contributed by atoms with E-state index in [2.05, 4.69) is 9.46 Å². The molecule has 2 N–H and O–H groups in total. The van der Waals surface area contributed by atoms with Crippen LogP contribution >= 0.6 is 0 Å². The summed E-state index contributed by atoms with van der Waals surface area (Å²) in [4.78, 5) is 22.3. The third kappa shape index (κ3) is 5.07. The van der Waals surface area contributed by atoms with Gasteiger partial charge in [0.1, 0.15) is 0 Å². The molecule has 0 radical (unpaired) electrons. The fourth-order valence-corrected chi connectivity index (χ4v) is 2.65. The quantitative estimate of drug-likeness (QED) is 0.731. The third-order valence-electron chi connectivity index (χ3n) is 2.68. The molecule has 116 valence electrons. The standard InChI is InChI=1S/C13H17NO6S/c1-3-20-12(15)8-21(18,19)14-11-7-5-4-6-10(11)9(2)13(16)17/h4-7,9,14H,3,8H2,1-2H3,(H,16,17). The molecule has 7 nitrogen and oxygen atoms in total. The number of esters is 1. The van der Waals surface area contributed by atoms with Gasteiger partial charge in [0, 0.05) is 0 Å². The molecule has 0 bridgehead atoms. The average Bonchev–Trinajstić information content (AvgIpc) is 2.37. The molecule has 1 aromatic rings. The summed E-state index contributed by atoms with van der Waals surface area (Å²) >= 11 is 0. The smallest absolute Gasteiger partial charge is 0.323 e. The fourth-order valence-electron chi connectivity index (χ4n) is 1.66. The molecule has 1 atom stereocenters. The zero-order chi connectivity index (χ0) is 16.0. The van der Waals surface area contributed by atoms with Crippen molar-refractivity contribution in [3.63, 3.8) is 0 Å². The van der Waals surface area contributed by atoms with Gasteiger partial charge in [0.15, 0.2) is 5.75 Å². The van der Waals surface area contributed by atoms with Crippen LogP contribution in [-0.4, -0.2) is 37.8 Å². The molecule has 1 rings (SSSR count). The van der Waals surface area contributed by atoms with Gasteiger partial charge in [-0.15, -0.1) is 0 Å². The van der Waals surface area contributed by atoms with Crippen LogP contribution in [0.15, 0.2) is 24.3 Å². The van der Waals surface area contributed by atoms with Crippen molar-refractivity contribution >= 4 is 27.6 Å². The Morgan fingerprint density at radius 2 is 1.95 bits per heavy atom. The number of hydrogen-bond acceptors (Lipinski definition) is 5. The van der Waals surface area contributed by atoms with Gasteiger partial charge in [-0.05, 0) is 25.5 Å². The summed E-state index contributed by atoms with van der Waals surface area (Å²) in [6, 6.07) is 6.14. The second-order valence-corrected chi connectivity index (χ2v) is 6.04. The van der Waals surface area contributed by atoms with Gasteiger partial charge in [0.25, 0.3) is 0 Å². The minimum atomic E-state index is -3.96. The Morgan fingerprint density at radius 3 is 2.52 bits per heavy atom. The fraction of sp³-hybridized carbons (Fsp3) is 0.385. The molecule has 1 aromatic carbocycles. The Hall–Kier alpha value is -2.09. The minimum absolute atomic E-state index is 0.0843. The molecule has 0 aromatic heterocycles. The van der Waals surface area contributed by atoms with Crippen LogP contribution in [0.25, 0.3) is 0 Å². The van der Waals surface area contributed by atoms with Crippen LogP contribution in [0.4, 0.5) is 5.69 Å². The first-order valence-electron chi connectivity index (χ1n) is 6.24. The lowest BCUT2D eigenvalue weighted by Gasteiger charge is -2.14. The number of hydrogen-bond donors (Lipinski definition) is 2. The topological polar surface area (TPSA) is 110 Å². The van der Waals surface area contributed by atoms with Crippen LogP contribution in [0.2, 0.25) is 0 Å². The van der Waals surface area contributed by atoms with E-state index in [-0.39, 0.29) is 12.3 Å². The predicted octanol–water partition coefficient (Wildman–Crippen LogP) is 1.18. The Kier molecular flexibility index (Phi) is 5.71. The number of carbonyl (C=O) groups is 2. The van der Waals surface area contributed by atoms with E-state index in [1.165, 1.54) is 19.1 Å². The Balaban J connectivity index is 2.97. The molecule has 0 saturated carbocycles. The van der Waals surface area contributed by atoms with Crippen molar-refractivity contribution in [3.8, 4) is 0 Å². The number of ether oxygens (including phenoxy) is 1. The lowest BCUT2D eigenvalue weighted by molar-refractivity contribution is -0.140. The van der Waals surface area contributed by atoms with E-state index in [1.807, 2.05) is 0 Å². The molecule has 0 spiro atoms. The number of para-hydroxylation sites is 1. The SMILES string of the molecule is CCOC(=O)CS(=O)(=O)Nc1ccccc1C(C)C(=O)O. The summed E-state index contributed by atoms with van der Waals surface area (Å²) in [5, 5.41) is 9.02. The van der Waals surface area contributed by atoms with E-state index in [9.17, 15) is 18.0 Å². The number of carboxylic acid groups (broad SMARTS) is 1. The van der Waals surface area contributed by atoms with Gasteiger partial charge in [-0.25, -0.2) is 8.42 Å². The number of carbonyl (C=O) groups excluding carboxylic acids is 1. The second kappa shape index (κ2) is 7.07. The maximum absolute atomic E-state index is 11.9. The highest BCUT2D eigenvalue weighted by atomic mass is 32.2.